The van der Waals surface area contributed by atoms with E-state index in [9.17, 15) is 14.4 Å². The smallest absolute Gasteiger partial charge is 0.262 e. The van der Waals surface area contributed by atoms with E-state index in [1.165, 1.54) is 0 Å². The number of carbonyl (C=O) groups excluding carboxylic acids is 3. The third-order valence-corrected chi connectivity index (χ3v) is 2.36. The van der Waals surface area contributed by atoms with Crippen molar-refractivity contribution in [2.24, 2.45) is 11.8 Å². The molecule has 1 aliphatic rings. The standard InChI is InChI=1S/C11H15NO3/c1-6(2)9(13)12-10(14)7(3)5-8(4)11(12)15/h5-7H,1-4H3. The molecule has 3 amide bonds. The van der Waals surface area contributed by atoms with Crippen LogP contribution in [0, 0.1) is 11.8 Å². The number of hydrogen-bond acceptors (Lipinski definition) is 3. The first-order valence-electron chi connectivity index (χ1n) is 4.96. The van der Waals surface area contributed by atoms with Crippen LogP contribution >= 0.6 is 0 Å². The van der Waals surface area contributed by atoms with Gasteiger partial charge in [-0.05, 0) is 6.92 Å². The molecule has 0 aliphatic carbocycles. The molecule has 82 valence electrons. The van der Waals surface area contributed by atoms with Crippen LogP contribution in [0.5, 0.6) is 0 Å². The summed E-state index contributed by atoms with van der Waals surface area (Å²) >= 11 is 0. The Morgan fingerprint density at radius 1 is 1.40 bits per heavy atom. The molecule has 4 heteroatoms. The highest BCUT2D eigenvalue weighted by Gasteiger charge is 2.36. The Balaban J connectivity index is 3.09. The molecule has 1 unspecified atom stereocenters. The Morgan fingerprint density at radius 3 is 2.40 bits per heavy atom. The second-order valence-corrected chi connectivity index (χ2v) is 4.11. The molecular weight excluding hydrogens is 194 g/mol. The van der Waals surface area contributed by atoms with Crippen molar-refractivity contribution in [2.45, 2.75) is 27.7 Å². The molecule has 0 radical (unpaired) electrons. The number of carbonyl (C=O) groups is 3. The molecule has 0 spiro atoms. The Bertz CT molecular complexity index is 355. The fraction of sp³-hybridized carbons (Fsp3) is 0.545. The van der Waals surface area contributed by atoms with E-state index >= 15 is 0 Å². The predicted octanol–water partition coefficient (Wildman–Crippen LogP) is 1.12. The van der Waals surface area contributed by atoms with Gasteiger partial charge in [0.1, 0.15) is 0 Å². The van der Waals surface area contributed by atoms with Crippen molar-refractivity contribution in [3.05, 3.63) is 11.6 Å². The second kappa shape index (κ2) is 3.96. The van der Waals surface area contributed by atoms with Crippen LogP contribution in [-0.2, 0) is 14.4 Å². The minimum atomic E-state index is -0.489. The van der Waals surface area contributed by atoms with Crippen LogP contribution in [-0.4, -0.2) is 22.6 Å². The van der Waals surface area contributed by atoms with E-state index in [-0.39, 0.29) is 5.92 Å². The zero-order valence-electron chi connectivity index (χ0n) is 9.40. The van der Waals surface area contributed by atoms with Gasteiger partial charge in [0.15, 0.2) is 0 Å². The van der Waals surface area contributed by atoms with Gasteiger partial charge in [0.2, 0.25) is 11.8 Å². The molecule has 1 rings (SSSR count). The van der Waals surface area contributed by atoms with Gasteiger partial charge in [-0.25, -0.2) is 4.90 Å². The first-order valence-corrected chi connectivity index (χ1v) is 4.96. The fourth-order valence-electron chi connectivity index (χ4n) is 1.46. The molecule has 0 saturated carbocycles. The summed E-state index contributed by atoms with van der Waals surface area (Å²) in [5.41, 5.74) is 0.455. The maximum atomic E-state index is 11.7. The van der Waals surface area contributed by atoms with E-state index in [0.717, 1.165) is 4.90 Å². The molecule has 0 aromatic rings. The zero-order valence-corrected chi connectivity index (χ0v) is 9.40. The molecule has 4 nitrogen and oxygen atoms in total. The summed E-state index contributed by atoms with van der Waals surface area (Å²) in [6, 6.07) is 0. The first-order chi connectivity index (χ1) is 6.86. The van der Waals surface area contributed by atoms with E-state index in [2.05, 4.69) is 0 Å². The third kappa shape index (κ3) is 1.98. The highest BCUT2D eigenvalue weighted by Crippen LogP contribution is 2.19. The number of nitrogens with zero attached hydrogens (tertiary/aromatic N) is 1. The van der Waals surface area contributed by atoms with Gasteiger partial charge in [-0.3, -0.25) is 14.4 Å². The van der Waals surface area contributed by atoms with E-state index in [1.54, 1.807) is 33.8 Å². The van der Waals surface area contributed by atoms with E-state index in [1.807, 2.05) is 0 Å². The van der Waals surface area contributed by atoms with Gasteiger partial charge in [0.25, 0.3) is 5.91 Å². The Morgan fingerprint density at radius 2 is 1.93 bits per heavy atom. The lowest BCUT2D eigenvalue weighted by atomic mass is 9.99. The minimum absolute atomic E-state index is 0.351. The maximum absolute atomic E-state index is 11.7. The summed E-state index contributed by atoms with van der Waals surface area (Å²) in [4.78, 5) is 35.7. The average Bonchev–Trinajstić information content (AvgIpc) is 2.15. The Hall–Kier alpha value is -1.45. The highest BCUT2D eigenvalue weighted by atomic mass is 16.2. The van der Waals surface area contributed by atoms with Gasteiger partial charge < -0.3 is 0 Å². The molecular formula is C11H15NO3. The van der Waals surface area contributed by atoms with Crippen LogP contribution in [0.2, 0.25) is 0 Å². The van der Waals surface area contributed by atoms with E-state index in [0.29, 0.717) is 5.57 Å². The van der Waals surface area contributed by atoms with Gasteiger partial charge >= 0.3 is 0 Å². The minimum Gasteiger partial charge on any atom is -0.274 e. The lowest BCUT2D eigenvalue weighted by Gasteiger charge is -2.27. The number of amides is 3. The van der Waals surface area contributed by atoms with Crippen LogP contribution in [0.15, 0.2) is 11.6 Å². The van der Waals surface area contributed by atoms with Gasteiger partial charge in [-0.1, -0.05) is 26.8 Å². The van der Waals surface area contributed by atoms with Crippen LogP contribution < -0.4 is 0 Å². The fourth-order valence-corrected chi connectivity index (χ4v) is 1.46. The van der Waals surface area contributed by atoms with Crippen molar-refractivity contribution < 1.29 is 14.4 Å². The van der Waals surface area contributed by atoms with E-state index in [4.69, 9.17) is 0 Å². The largest absolute Gasteiger partial charge is 0.274 e. The van der Waals surface area contributed by atoms with E-state index < -0.39 is 23.6 Å². The molecule has 0 aromatic heterocycles. The first kappa shape index (κ1) is 11.6. The molecule has 15 heavy (non-hydrogen) atoms. The summed E-state index contributed by atoms with van der Waals surface area (Å²) in [5, 5.41) is 0. The summed E-state index contributed by atoms with van der Waals surface area (Å²) in [5.74, 6) is -2.09. The van der Waals surface area contributed by atoms with Gasteiger partial charge in [-0.15, -0.1) is 0 Å². The SMILES string of the molecule is CC1=CC(C)C(=O)N(C(=O)C(C)C)C1=O. The predicted molar refractivity (Wildman–Crippen MR) is 54.6 cm³/mol. The van der Waals surface area contributed by atoms with Crippen molar-refractivity contribution >= 4 is 17.7 Å². The molecule has 0 bridgehead atoms. The van der Waals surface area contributed by atoms with Gasteiger partial charge in [0, 0.05) is 11.5 Å². The molecule has 1 aliphatic heterocycles. The Kier molecular flexibility index (Phi) is 3.07. The number of rotatable bonds is 1. The van der Waals surface area contributed by atoms with Gasteiger partial charge in [0.05, 0.1) is 5.92 Å². The molecule has 0 aromatic carbocycles. The molecule has 0 fully saturated rings. The normalized spacial score (nSPS) is 22.1. The highest BCUT2D eigenvalue weighted by molar-refractivity contribution is 6.18. The quantitative estimate of drug-likeness (QED) is 0.608. The topological polar surface area (TPSA) is 54.5 Å². The lowest BCUT2D eigenvalue weighted by molar-refractivity contribution is -0.156. The molecule has 1 heterocycles. The van der Waals surface area contributed by atoms with Crippen LogP contribution in [0.25, 0.3) is 0 Å². The summed E-state index contributed by atoms with van der Waals surface area (Å²) < 4.78 is 0. The van der Waals surface area contributed by atoms with Crippen molar-refractivity contribution in [3.8, 4) is 0 Å². The third-order valence-electron chi connectivity index (χ3n) is 2.36. The number of hydrogen-bond donors (Lipinski definition) is 0. The van der Waals surface area contributed by atoms with Crippen molar-refractivity contribution in [3.63, 3.8) is 0 Å². The molecule has 0 saturated heterocycles. The summed E-state index contributed by atoms with van der Waals surface area (Å²) in [6.07, 6.45) is 1.59. The van der Waals surface area contributed by atoms with Crippen molar-refractivity contribution in [1.29, 1.82) is 0 Å². The maximum Gasteiger partial charge on any atom is 0.262 e. The van der Waals surface area contributed by atoms with Crippen molar-refractivity contribution in [1.82, 2.24) is 4.90 Å². The summed E-state index contributed by atoms with van der Waals surface area (Å²) in [7, 11) is 0. The summed E-state index contributed by atoms with van der Waals surface area (Å²) in [6.45, 7) is 6.63. The zero-order chi connectivity index (χ0) is 11.7. The molecule has 0 N–H and O–H groups in total. The Labute approximate surface area is 88.9 Å². The second-order valence-electron chi connectivity index (χ2n) is 4.11. The monoisotopic (exact) mass is 209 g/mol. The van der Waals surface area contributed by atoms with Crippen LogP contribution in [0.3, 0.4) is 0 Å². The van der Waals surface area contributed by atoms with Crippen LogP contribution in [0.4, 0.5) is 0 Å². The van der Waals surface area contributed by atoms with Gasteiger partial charge in [-0.2, -0.15) is 0 Å². The van der Waals surface area contributed by atoms with Crippen LogP contribution in [0.1, 0.15) is 27.7 Å². The average molecular weight is 209 g/mol. The number of imide groups is 3. The molecule has 1 atom stereocenters. The lowest BCUT2D eigenvalue weighted by Crippen LogP contribution is -2.48. The van der Waals surface area contributed by atoms with Crippen molar-refractivity contribution in [2.75, 3.05) is 0 Å².